The molecule has 1 aromatic heterocycles. The van der Waals surface area contributed by atoms with Crippen molar-refractivity contribution < 1.29 is 37.0 Å². The van der Waals surface area contributed by atoms with Crippen LogP contribution in [0.1, 0.15) is 15.9 Å². The third-order valence-corrected chi connectivity index (χ3v) is 6.16. The van der Waals surface area contributed by atoms with Crippen LogP contribution >= 0.6 is 24.4 Å². The van der Waals surface area contributed by atoms with Crippen LogP contribution in [0.4, 0.5) is 23.7 Å². The van der Waals surface area contributed by atoms with Gasteiger partial charge in [0.05, 0.1) is 36.0 Å². The molecule has 8 nitrogen and oxygen atoms in total. The number of ether oxygens (including phenoxy) is 3. The van der Waals surface area contributed by atoms with Crippen molar-refractivity contribution in [2.24, 2.45) is 0 Å². The van der Waals surface area contributed by atoms with Crippen LogP contribution in [0.3, 0.4) is 0 Å². The lowest BCUT2D eigenvalue weighted by molar-refractivity contribution is -0.137. The number of hydrogen-bond donors (Lipinski definition) is 2. The third-order valence-electron chi connectivity index (χ3n) is 5.45. The number of carbonyl (C=O) groups is 2. The highest BCUT2D eigenvalue weighted by Gasteiger charge is 2.31. The number of hydrogen-bond acceptors (Lipinski definition) is 7. The molecule has 13 heteroatoms. The Bertz CT molecular complexity index is 1570. The number of aromatic nitrogens is 1. The molecular weight excluding hydrogens is 559 g/mol. The average molecular weight is 578 g/mol. The van der Waals surface area contributed by atoms with Crippen molar-refractivity contribution in [1.82, 2.24) is 10.3 Å². The number of methoxy groups -OCH3 is 2. The molecule has 0 radical (unpaired) electrons. The number of urea groups is 1. The summed E-state index contributed by atoms with van der Waals surface area (Å²) in [5.74, 6) is 0.594. The molecule has 3 aromatic carbocycles. The van der Waals surface area contributed by atoms with E-state index in [9.17, 15) is 22.8 Å². The summed E-state index contributed by atoms with van der Waals surface area (Å²) in [4.78, 5) is 29.2. The summed E-state index contributed by atoms with van der Waals surface area (Å²) in [6, 6.07) is 12.0. The van der Waals surface area contributed by atoms with Crippen LogP contribution in [-0.2, 0) is 6.18 Å². The predicted octanol–water partition coefficient (Wildman–Crippen LogP) is 6.92. The van der Waals surface area contributed by atoms with E-state index in [4.69, 9.17) is 25.8 Å². The molecule has 0 aliphatic carbocycles. The van der Waals surface area contributed by atoms with E-state index < -0.39 is 23.7 Å². The monoisotopic (exact) mass is 577 g/mol. The van der Waals surface area contributed by atoms with Gasteiger partial charge in [-0.2, -0.15) is 13.2 Å². The van der Waals surface area contributed by atoms with Crippen molar-refractivity contribution in [3.05, 3.63) is 83.0 Å². The van der Waals surface area contributed by atoms with Crippen LogP contribution in [0.15, 0.2) is 66.9 Å². The van der Waals surface area contributed by atoms with Crippen molar-refractivity contribution in [3.63, 3.8) is 0 Å². The summed E-state index contributed by atoms with van der Waals surface area (Å²) < 4.78 is 56.2. The second kappa shape index (κ2) is 11.3. The lowest BCUT2D eigenvalue weighted by Gasteiger charge is -2.18. The Kier molecular flexibility index (Phi) is 8.07. The highest BCUT2D eigenvalue weighted by molar-refractivity contribution is 7.82. The van der Waals surface area contributed by atoms with Crippen LogP contribution < -0.4 is 23.8 Å². The molecule has 0 saturated carbocycles. The summed E-state index contributed by atoms with van der Waals surface area (Å²) in [6.45, 7) is 0. The minimum atomic E-state index is -4.64. The molecule has 4 rings (SSSR count). The first-order valence-electron chi connectivity index (χ1n) is 11.0. The Labute approximate surface area is 230 Å². The molecule has 0 saturated heterocycles. The number of amides is 3. The van der Waals surface area contributed by atoms with Gasteiger partial charge in [0.25, 0.3) is 5.91 Å². The van der Waals surface area contributed by atoms with Crippen molar-refractivity contribution in [3.8, 4) is 23.0 Å². The van der Waals surface area contributed by atoms with E-state index in [2.05, 4.69) is 17.8 Å². The Morgan fingerprint density at radius 1 is 0.949 bits per heavy atom. The Morgan fingerprint density at radius 3 is 2.33 bits per heavy atom. The smallest absolute Gasteiger partial charge is 0.416 e. The SMILES string of the molecule is COc1cc2nccc(Oc3ccc(N(S)C(=O)NC(=O)c4cccc(C(F)(F)F)c4)cc3Cl)c2cc1OC. The number of nitrogens with one attached hydrogen (secondary N) is 1. The van der Waals surface area contributed by atoms with Gasteiger partial charge in [0.1, 0.15) is 11.5 Å². The molecule has 0 aliphatic heterocycles. The van der Waals surface area contributed by atoms with E-state index in [1.165, 1.54) is 32.4 Å². The van der Waals surface area contributed by atoms with Crippen LogP contribution in [0.25, 0.3) is 10.9 Å². The minimum absolute atomic E-state index is 0.106. The van der Waals surface area contributed by atoms with Crippen molar-refractivity contribution in [2.45, 2.75) is 6.18 Å². The summed E-state index contributed by atoms with van der Waals surface area (Å²) in [7, 11) is 3.01. The van der Waals surface area contributed by atoms with E-state index in [1.54, 1.807) is 24.4 Å². The molecule has 4 aromatic rings. The molecule has 39 heavy (non-hydrogen) atoms. The molecule has 0 spiro atoms. The highest BCUT2D eigenvalue weighted by Crippen LogP contribution is 2.39. The van der Waals surface area contributed by atoms with Gasteiger partial charge in [-0.25, -0.2) is 9.10 Å². The second-order valence-corrected chi connectivity index (χ2v) is 8.71. The van der Waals surface area contributed by atoms with Gasteiger partial charge in [0.15, 0.2) is 11.5 Å². The molecular formula is C26H19ClF3N3O5S. The highest BCUT2D eigenvalue weighted by atomic mass is 35.5. The maximum absolute atomic E-state index is 12.9. The van der Waals surface area contributed by atoms with Gasteiger partial charge in [-0.15, -0.1) is 0 Å². The topological polar surface area (TPSA) is 90.0 Å². The minimum Gasteiger partial charge on any atom is -0.493 e. The number of halogens is 4. The fourth-order valence-electron chi connectivity index (χ4n) is 3.54. The van der Waals surface area contributed by atoms with Gasteiger partial charge < -0.3 is 14.2 Å². The lowest BCUT2D eigenvalue weighted by atomic mass is 10.1. The summed E-state index contributed by atoms with van der Waals surface area (Å²) >= 11 is 10.5. The van der Waals surface area contributed by atoms with E-state index >= 15 is 0 Å². The fourth-order valence-corrected chi connectivity index (χ4v) is 3.92. The largest absolute Gasteiger partial charge is 0.493 e. The quantitative estimate of drug-likeness (QED) is 0.242. The maximum atomic E-state index is 12.9. The number of thiol groups is 1. The van der Waals surface area contributed by atoms with E-state index in [0.29, 0.717) is 34.2 Å². The second-order valence-electron chi connectivity index (χ2n) is 7.90. The molecule has 1 N–H and O–H groups in total. The normalized spacial score (nSPS) is 11.2. The molecule has 0 aliphatic rings. The Hall–Kier alpha value is -4.16. The van der Waals surface area contributed by atoms with Gasteiger partial charge in [0, 0.05) is 23.2 Å². The van der Waals surface area contributed by atoms with Gasteiger partial charge in [-0.05, 0) is 48.5 Å². The standard InChI is InChI=1S/C26H19ClF3N3O5S/c1-36-22-12-17-19(13-23(22)37-2)31-9-8-20(17)38-21-7-6-16(11-18(21)27)33(39)25(35)32-24(34)14-4-3-5-15(10-14)26(28,29)30/h3-13,39H,1-2H3,(H,32,34,35). The summed E-state index contributed by atoms with van der Waals surface area (Å²) in [5, 5.41) is 2.72. The zero-order chi connectivity index (χ0) is 28.3. The molecule has 1 heterocycles. The van der Waals surface area contributed by atoms with Crippen LogP contribution in [-0.4, -0.2) is 31.1 Å². The number of anilines is 1. The zero-order valence-electron chi connectivity index (χ0n) is 20.2. The summed E-state index contributed by atoms with van der Waals surface area (Å²) in [6.07, 6.45) is -3.09. The van der Waals surface area contributed by atoms with Gasteiger partial charge in [0.2, 0.25) is 0 Å². The first-order valence-corrected chi connectivity index (χ1v) is 11.8. The molecule has 0 fully saturated rings. The van der Waals surface area contributed by atoms with E-state index in [0.717, 1.165) is 22.5 Å². The Balaban J connectivity index is 1.51. The number of benzene rings is 3. The fraction of sp³-hybridized carbons (Fsp3) is 0.115. The Morgan fingerprint density at radius 2 is 1.67 bits per heavy atom. The number of pyridine rings is 1. The first kappa shape index (κ1) is 27.9. The number of nitrogens with zero attached hydrogens (tertiary/aromatic N) is 2. The van der Waals surface area contributed by atoms with E-state index in [1.807, 2.05) is 5.32 Å². The van der Waals surface area contributed by atoms with Gasteiger partial charge in [-0.3, -0.25) is 15.1 Å². The van der Waals surface area contributed by atoms with E-state index in [-0.39, 0.29) is 22.0 Å². The number of fused-ring (bicyclic) bond motifs is 1. The number of alkyl halides is 3. The molecule has 3 amide bonds. The molecule has 0 atom stereocenters. The van der Waals surface area contributed by atoms with Crippen LogP contribution in [0.5, 0.6) is 23.0 Å². The molecule has 202 valence electrons. The zero-order valence-corrected chi connectivity index (χ0v) is 21.9. The first-order chi connectivity index (χ1) is 18.5. The number of rotatable bonds is 6. The lowest BCUT2D eigenvalue weighted by Crippen LogP contribution is -2.38. The average Bonchev–Trinajstić information content (AvgIpc) is 2.92. The van der Waals surface area contributed by atoms with Crippen molar-refractivity contribution >= 4 is 52.9 Å². The van der Waals surface area contributed by atoms with Gasteiger partial charge >= 0.3 is 12.2 Å². The van der Waals surface area contributed by atoms with Crippen molar-refractivity contribution in [2.75, 3.05) is 18.5 Å². The van der Waals surface area contributed by atoms with Gasteiger partial charge in [-0.1, -0.05) is 30.5 Å². The summed E-state index contributed by atoms with van der Waals surface area (Å²) in [5.41, 5.74) is -0.620. The predicted molar refractivity (Wildman–Crippen MR) is 142 cm³/mol. The third kappa shape index (κ3) is 6.13. The molecule has 0 bridgehead atoms. The molecule has 0 unspecified atom stereocenters. The number of imide groups is 1. The number of carbonyl (C=O) groups excluding carboxylic acids is 2. The maximum Gasteiger partial charge on any atom is 0.416 e. The van der Waals surface area contributed by atoms with Crippen LogP contribution in [0, 0.1) is 0 Å². The van der Waals surface area contributed by atoms with Crippen LogP contribution in [0.2, 0.25) is 5.02 Å². The van der Waals surface area contributed by atoms with Crippen molar-refractivity contribution in [1.29, 1.82) is 0 Å².